The van der Waals surface area contributed by atoms with Crippen molar-refractivity contribution in [2.75, 3.05) is 6.54 Å². The molecule has 2 aromatic rings. The molecule has 1 aromatic carbocycles. The van der Waals surface area contributed by atoms with Gasteiger partial charge in [-0.25, -0.2) is 9.37 Å². The Morgan fingerprint density at radius 2 is 2.20 bits per heavy atom. The topological polar surface area (TPSA) is 38.1 Å². The smallest absolute Gasteiger partial charge is 0.194 e. The molecule has 5 heteroatoms. The minimum absolute atomic E-state index is 0.0848. The minimum Gasteiger partial charge on any atom is -0.441 e. The van der Waals surface area contributed by atoms with Crippen LogP contribution in [0.3, 0.4) is 0 Å². The Labute approximate surface area is 123 Å². The van der Waals surface area contributed by atoms with Crippen LogP contribution in [0.4, 0.5) is 4.39 Å². The third kappa shape index (κ3) is 4.05. The van der Waals surface area contributed by atoms with Crippen LogP contribution in [0.15, 0.2) is 28.8 Å². The highest BCUT2D eigenvalue weighted by Gasteiger charge is 2.08. The van der Waals surface area contributed by atoms with Crippen molar-refractivity contribution in [2.24, 2.45) is 0 Å². The van der Waals surface area contributed by atoms with Crippen molar-refractivity contribution < 1.29 is 8.81 Å². The van der Waals surface area contributed by atoms with Crippen LogP contribution >= 0.6 is 11.6 Å². The van der Waals surface area contributed by atoms with Crippen molar-refractivity contribution in [1.82, 2.24) is 10.3 Å². The summed E-state index contributed by atoms with van der Waals surface area (Å²) in [6, 6.07) is 4.98. The van der Waals surface area contributed by atoms with E-state index < -0.39 is 5.82 Å². The summed E-state index contributed by atoms with van der Waals surface area (Å²) < 4.78 is 18.8. The third-order valence-electron chi connectivity index (χ3n) is 2.88. The van der Waals surface area contributed by atoms with Crippen molar-refractivity contribution in [3.8, 4) is 11.3 Å². The number of oxazole rings is 1. The SMILES string of the molecule is CC(C)NCCCc1ncc(-c2ccc(F)c(Cl)c2)o1. The van der Waals surface area contributed by atoms with Gasteiger partial charge in [0.2, 0.25) is 0 Å². The molecule has 1 N–H and O–H groups in total. The van der Waals surface area contributed by atoms with Crippen molar-refractivity contribution in [3.63, 3.8) is 0 Å². The molecule has 0 aliphatic rings. The first-order chi connectivity index (χ1) is 9.56. The van der Waals surface area contributed by atoms with Gasteiger partial charge < -0.3 is 9.73 Å². The van der Waals surface area contributed by atoms with Crippen LogP contribution in [0.2, 0.25) is 5.02 Å². The molecule has 0 spiro atoms. The molecule has 20 heavy (non-hydrogen) atoms. The molecule has 0 unspecified atom stereocenters. The average Bonchev–Trinajstić information content (AvgIpc) is 2.86. The van der Waals surface area contributed by atoms with Crippen LogP contribution in [-0.2, 0) is 6.42 Å². The molecule has 1 heterocycles. The van der Waals surface area contributed by atoms with E-state index in [1.807, 2.05) is 0 Å². The maximum atomic E-state index is 13.1. The van der Waals surface area contributed by atoms with Crippen LogP contribution < -0.4 is 5.32 Å². The number of rotatable bonds is 6. The Hall–Kier alpha value is -1.39. The Kier molecular flexibility index (Phi) is 5.15. The van der Waals surface area contributed by atoms with Crippen molar-refractivity contribution in [2.45, 2.75) is 32.7 Å². The second-order valence-corrected chi connectivity index (χ2v) is 5.37. The number of nitrogens with zero attached hydrogens (tertiary/aromatic N) is 1. The fourth-order valence-corrected chi connectivity index (χ4v) is 2.02. The van der Waals surface area contributed by atoms with Gasteiger partial charge in [0, 0.05) is 18.0 Å². The van der Waals surface area contributed by atoms with E-state index in [-0.39, 0.29) is 5.02 Å². The minimum atomic E-state index is -0.435. The molecule has 3 nitrogen and oxygen atoms in total. The lowest BCUT2D eigenvalue weighted by Gasteiger charge is -2.05. The second kappa shape index (κ2) is 6.86. The normalized spacial score (nSPS) is 11.2. The molecule has 2 rings (SSSR count). The summed E-state index contributed by atoms with van der Waals surface area (Å²) >= 11 is 5.76. The molecule has 0 amide bonds. The van der Waals surface area contributed by atoms with Crippen LogP contribution in [0.1, 0.15) is 26.2 Å². The quantitative estimate of drug-likeness (QED) is 0.817. The maximum absolute atomic E-state index is 13.1. The first-order valence-electron chi connectivity index (χ1n) is 6.70. The predicted octanol–water partition coefficient (Wildman–Crippen LogP) is 4.06. The fraction of sp³-hybridized carbons (Fsp3) is 0.400. The lowest BCUT2D eigenvalue weighted by Crippen LogP contribution is -2.23. The molecule has 0 radical (unpaired) electrons. The molecule has 0 bridgehead atoms. The van der Waals surface area contributed by atoms with Crippen LogP contribution in [0, 0.1) is 5.82 Å². The highest BCUT2D eigenvalue weighted by atomic mass is 35.5. The lowest BCUT2D eigenvalue weighted by atomic mass is 10.2. The highest BCUT2D eigenvalue weighted by Crippen LogP contribution is 2.25. The molecule has 1 aromatic heterocycles. The summed E-state index contributed by atoms with van der Waals surface area (Å²) in [7, 11) is 0. The maximum Gasteiger partial charge on any atom is 0.194 e. The number of benzene rings is 1. The largest absolute Gasteiger partial charge is 0.441 e. The van der Waals surface area contributed by atoms with Gasteiger partial charge in [0.05, 0.1) is 11.2 Å². The Morgan fingerprint density at radius 1 is 1.40 bits per heavy atom. The van der Waals surface area contributed by atoms with E-state index in [9.17, 15) is 4.39 Å². The Morgan fingerprint density at radius 3 is 2.90 bits per heavy atom. The zero-order valence-electron chi connectivity index (χ0n) is 11.6. The first kappa shape index (κ1) is 15.0. The van der Waals surface area contributed by atoms with Gasteiger partial charge in [0.1, 0.15) is 5.82 Å². The number of halogens is 2. The summed E-state index contributed by atoms with van der Waals surface area (Å²) in [6.07, 6.45) is 3.38. The van der Waals surface area contributed by atoms with E-state index in [2.05, 4.69) is 24.1 Å². The third-order valence-corrected chi connectivity index (χ3v) is 3.17. The summed E-state index contributed by atoms with van der Waals surface area (Å²) in [6.45, 7) is 5.15. The zero-order chi connectivity index (χ0) is 14.5. The molecular formula is C15H18ClFN2O. The number of hydrogen-bond donors (Lipinski definition) is 1. The number of hydrogen-bond acceptors (Lipinski definition) is 3. The number of nitrogens with one attached hydrogen (secondary N) is 1. The van der Waals surface area contributed by atoms with Gasteiger partial charge in [-0.2, -0.15) is 0 Å². The van der Waals surface area contributed by atoms with Crippen LogP contribution in [0.5, 0.6) is 0 Å². The molecule has 0 saturated carbocycles. The molecular weight excluding hydrogens is 279 g/mol. The summed E-state index contributed by atoms with van der Waals surface area (Å²) in [4.78, 5) is 4.23. The molecule has 0 aliphatic heterocycles. The average molecular weight is 297 g/mol. The van der Waals surface area contributed by atoms with E-state index in [4.69, 9.17) is 16.0 Å². The van der Waals surface area contributed by atoms with Crippen molar-refractivity contribution in [1.29, 1.82) is 0 Å². The number of aromatic nitrogens is 1. The lowest BCUT2D eigenvalue weighted by molar-refractivity contribution is 0.484. The van der Waals surface area contributed by atoms with Crippen molar-refractivity contribution in [3.05, 3.63) is 41.1 Å². The molecule has 0 saturated heterocycles. The molecule has 0 atom stereocenters. The first-order valence-corrected chi connectivity index (χ1v) is 7.07. The summed E-state index contributed by atoms with van der Waals surface area (Å²) in [5.41, 5.74) is 0.732. The van der Waals surface area contributed by atoms with E-state index in [0.717, 1.165) is 24.9 Å². The second-order valence-electron chi connectivity index (χ2n) is 4.96. The molecule has 108 valence electrons. The fourth-order valence-electron chi connectivity index (χ4n) is 1.84. The van der Waals surface area contributed by atoms with Crippen molar-refractivity contribution >= 4 is 11.6 Å². The van der Waals surface area contributed by atoms with E-state index in [1.165, 1.54) is 6.07 Å². The van der Waals surface area contributed by atoms with E-state index >= 15 is 0 Å². The molecule has 0 aliphatic carbocycles. The van der Waals surface area contributed by atoms with Gasteiger partial charge in [-0.15, -0.1) is 0 Å². The van der Waals surface area contributed by atoms with E-state index in [0.29, 0.717) is 17.7 Å². The zero-order valence-corrected chi connectivity index (χ0v) is 12.4. The Balaban J connectivity index is 1.96. The monoisotopic (exact) mass is 296 g/mol. The van der Waals surface area contributed by atoms with Gasteiger partial charge >= 0.3 is 0 Å². The van der Waals surface area contributed by atoms with Gasteiger partial charge in [0.15, 0.2) is 11.7 Å². The van der Waals surface area contributed by atoms with Crippen LogP contribution in [0.25, 0.3) is 11.3 Å². The highest BCUT2D eigenvalue weighted by molar-refractivity contribution is 6.31. The summed E-state index contributed by atoms with van der Waals surface area (Å²) in [5, 5.41) is 3.42. The van der Waals surface area contributed by atoms with E-state index in [1.54, 1.807) is 18.3 Å². The predicted molar refractivity (Wildman–Crippen MR) is 78.4 cm³/mol. The molecule has 0 fully saturated rings. The number of aryl methyl sites for hydroxylation is 1. The standard InChI is InChI=1S/C15H18ClFN2O/c1-10(2)18-7-3-4-15-19-9-14(20-15)11-5-6-13(17)12(16)8-11/h5-6,8-10,18H,3-4,7H2,1-2H3. The van der Waals surface area contributed by atoms with Crippen LogP contribution in [-0.4, -0.2) is 17.6 Å². The Bertz CT molecular complexity index is 569. The van der Waals surface area contributed by atoms with Gasteiger partial charge in [-0.05, 0) is 31.2 Å². The van der Waals surface area contributed by atoms with Gasteiger partial charge in [-0.3, -0.25) is 0 Å². The van der Waals surface area contributed by atoms with Gasteiger partial charge in [-0.1, -0.05) is 25.4 Å². The summed E-state index contributed by atoms with van der Waals surface area (Å²) in [5.74, 6) is 0.861. The van der Waals surface area contributed by atoms with Gasteiger partial charge in [0.25, 0.3) is 0 Å².